The van der Waals surface area contributed by atoms with Gasteiger partial charge in [0.25, 0.3) is 0 Å². The normalized spacial score (nSPS) is 27.7. The van der Waals surface area contributed by atoms with Crippen molar-refractivity contribution in [2.45, 2.75) is 44.7 Å². The number of rotatable bonds is 5. The number of nitrogens with one attached hydrogen (secondary N) is 1. The summed E-state index contributed by atoms with van der Waals surface area (Å²) in [4.78, 5) is 16.9. The van der Waals surface area contributed by atoms with E-state index in [2.05, 4.69) is 15.1 Å². The monoisotopic (exact) mass is 345 g/mol. The molecule has 0 bridgehead atoms. The Kier molecular flexibility index (Phi) is 4.78. The Labute approximate surface area is 149 Å². The van der Waals surface area contributed by atoms with Gasteiger partial charge in [0.05, 0.1) is 6.54 Å². The highest BCUT2D eigenvalue weighted by atomic mass is 19.1. The largest absolute Gasteiger partial charge is 0.352 e. The summed E-state index contributed by atoms with van der Waals surface area (Å²) >= 11 is 0. The summed E-state index contributed by atoms with van der Waals surface area (Å²) in [6.07, 6.45) is 5.95. The van der Waals surface area contributed by atoms with Gasteiger partial charge in [-0.25, -0.2) is 4.39 Å². The minimum absolute atomic E-state index is 0.172. The highest BCUT2D eigenvalue weighted by molar-refractivity contribution is 5.78. The minimum Gasteiger partial charge on any atom is -0.352 e. The van der Waals surface area contributed by atoms with Gasteiger partial charge in [-0.3, -0.25) is 14.6 Å². The van der Waals surface area contributed by atoms with Crippen molar-refractivity contribution in [3.63, 3.8) is 0 Å². The zero-order valence-electron chi connectivity index (χ0n) is 14.8. The number of likely N-dealkylation sites (tertiary alicyclic amines) is 2. The van der Waals surface area contributed by atoms with Crippen LogP contribution < -0.4 is 5.32 Å². The van der Waals surface area contributed by atoms with E-state index < -0.39 is 0 Å². The van der Waals surface area contributed by atoms with Crippen molar-refractivity contribution in [3.05, 3.63) is 35.6 Å². The molecule has 1 aromatic rings. The van der Waals surface area contributed by atoms with Crippen molar-refractivity contribution in [3.8, 4) is 0 Å². The van der Waals surface area contributed by atoms with E-state index in [1.807, 2.05) is 12.1 Å². The van der Waals surface area contributed by atoms with Gasteiger partial charge in [0.15, 0.2) is 0 Å². The van der Waals surface area contributed by atoms with Crippen molar-refractivity contribution < 1.29 is 9.18 Å². The second-order valence-corrected chi connectivity index (χ2v) is 8.24. The van der Waals surface area contributed by atoms with Gasteiger partial charge in [-0.15, -0.1) is 0 Å². The topological polar surface area (TPSA) is 35.6 Å². The number of halogens is 1. The fraction of sp³-hybridized carbons (Fsp3) is 0.650. The number of piperidine rings is 1. The van der Waals surface area contributed by atoms with Crippen LogP contribution in [0.15, 0.2) is 24.3 Å². The molecule has 3 fully saturated rings. The molecule has 1 spiro atoms. The van der Waals surface area contributed by atoms with Crippen molar-refractivity contribution in [2.75, 3.05) is 32.7 Å². The lowest BCUT2D eigenvalue weighted by Crippen LogP contribution is -2.45. The number of amides is 1. The molecule has 25 heavy (non-hydrogen) atoms. The predicted molar refractivity (Wildman–Crippen MR) is 95.6 cm³/mol. The third-order valence-corrected chi connectivity index (χ3v) is 5.89. The Morgan fingerprint density at radius 2 is 1.88 bits per heavy atom. The van der Waals surface area contributed by atoms with E-state index in [9.17, 15) is 9.18 Å². The second kappa shape index (κ2) is 7.04. The maximum atomic E-state index is 13.1. The summed E-state index contributed by atoms with van der Waals surface area (Å²) in [6.45, 7) is 5.71. The third-order valence-electron chi connectivity index (χ3n) is 5.89. The van der Waals surface area contributed by atoms with Crippen LogP contribution in [0.5, 0.6) is 0 Å². The first-order chi connectivity index (χ1) is 12.1. The average molecular weight is 345 g/mol. The maximum Gasteiger partial charge on any atom is 0.234 e. The molecule has 4 nitrogen and oxygen atoms in total. The van der Waals surface area contributed by atoms with Crippen molar-refractivity contribution in [1.82, 2.24) is 15.1 Å². The molecule has 1 N–H and O–H groups in total. The number of hydrogen-bond acceptors (Lipinski definition) is 3. The van der Waals surface area contributed by atoms with Crippen LogP contribution in [0.1, 0.15) is 37.7 Å². The lowest BCUT2D eigenvalue weighted by molar-refractivity contribution is -0.122. The third kappa shape index (κ3) is 4.39. The molecule has 2 heterocycles. The predicted octanol–water partition coefficient (Wildman–Crippen LogP) is 2.39. The molecule has 1 aliphatic carbocycles. The SMILES string of the molecule is O=C(CN1CC[C@@]2(CCCN(Cc3ccc(F)cc3)C2)C1)NC1CC1. The van der Waals surface area contributed by atoms with Crippen molar-refractivity contribution in [1.29, 1.82) is 0 Å². The van der Waals surface area contributed by atoms with Crippen LogP contribution in [0.4, 0.5) is 4.39 Å². The summed E-state index contributed by atoms with van der Waals surface area (Å²) in [5, 5.41) is 3.10. The van der Waals surface area contributed by atoms with E-state index in [1.165, 1.54) is 24.8 Å². The minimum atomic E-state index is -0.172. The van der Waals surface area contributed by atoms with Crippen molar-refractivity contribution in [2.24, 2.45) is 5.41 Å². The number of carbonyl (C=O) groups excluding carboxylic acids is 1. The fourth-order valence-corrected chi connectivity index (χ4v) is 4.49. The zero-order valence-corrected chi connectivity index (χ0v) is 14.8. The van der Waals surface area contributed by atoms with Crippen LogP contribution >= 0.6 is 0 Å². The summed E-state index contributed by atoms with van der Waals surface area (Å²) in [7, 11) is 0. The molecule has 2 aliphatic heterocycles. The van der Waals surface area contributed by atoms with E-state index in [4.69, 9.17) is 0 Å². The standard InChI is InChI=1S/C20H28FN3O/c21-17-4-2-16(3-5-17)12-23-10-1-8-20(14-23)9-11-24(15-20)13-19(25)22-18-6-7-18/h2-5,18H,1,6-15H2,(H,22,25)/t20-/m1/s1. The van der Waals surface area contributed by atoms with E-state index in [1.54, 1.807) is 12.1 Å². The highest BCUT2D eigenvalue weighted by Crippen LogP contribution is 2.39. The summed E-state index contributed by atoms with van der Waals surface area (Å²) < 4.78 is 13.1. The van der Waals surface area contributed by atoms with Gasteiger partial charge in [0.2, 0.25) is 5.91 Å². The second-order valence-electron chi connectivity index (χ2n) is 8.24. The molecule has 1 amide bonds. The summed E-state index contributed by atoms with van der Waals surface area (Å²) in [5.41, 5.74) is 1.51. The first kappa shape index (κ1) is 17.0. The number of benzene rings is 1. The summed E-state index contributed by atoms with van der Waals surface area (Å²) in [6, 6.07) is 7.32. The van der Waals surface area contributed by atoms with E-state index in [-0.39, 0.29) is 11.7 Å². The van der Waals surface area contributed by atoms with Gasteiger partial charge in [0.1, 0.15) is 5.82 Å². The summed E-state index contributed by atoms with van der Waals surface area (Å²) in [5.74, 6) is 0.0216. The van der Waals surface area contributed by atoms with Gasteiger partial charge < -0.3 is 5.32 Å². The molecule has 5 heteroatoms. The lowest BCUT2D eigenvalue weighted by Gasteiger charge is -2.40. The molecule has 1 atom stereocenters. The van der Waals surface area contributed by atoms with Crippen LogP contribution in [0.25, 0.3) is 0 Å². The molecule has 0 radical (unpaired) electrons. The molecule has 0 aromatic heterocycles. The molecule has 136 valence electrons. The fourth-order valence-electron chi connectivity index (χ4n) is 4.49. The van der Waals surface area contributed by atoms with Gasteiger partial charge in [-0.1, -0.05) is 12.1 Å². The molecule has 1 aromatic carbocycles. The molecule has 3 aliphatic rings. The van der Waals surface area contributed by atoms with Crippen LogP contribution in [-0.4, -0.2) is 54.5 Å². The van der Waals surface area contributed by atoms with Crippen molar-refractivity contribution >= 4 is 5.91 Å². The average Bonchev–Trinajstić information content (AvgIpc) is 3.32. The van der Waals surface area contributed by atoms with Crippen LogP contribution in [-0.2, 0) is 11.3 Å². The maximum absolute atomic E-state index is 13.1. The molecule has 2 saturated heterocycles. The van der Waals surface area contributed by atoms with Crippen LogP contribution in [0, 0.1) is 11.2 Å². The van der Waals surface area contributed by atoms with Gasteiger partial charge >= 0.3 is 0 Å². The highest BCUT2D eigenvalue weighted by Gasteiger charge is 2.41. The molecular weight excluding hydrogens is 317 g/mol. The first-order valence-corrected chi connectivity index (χ1v) is 9.59. The number of carbonyl (C=O) groups is 1. The number of nitrogens with zero attached hydrogens (tertiary/aromatic N) is 2. The van der Waals surface area contributed by atoms with Crippen LogP contribution in [0.3, 0.4) is 0 Å². The first-order valence-electron chi connectivity index (χ1n) is 9.59. The zero-order chi connectivity index (χ0) is 17.3. The smallest absolute Gasteiger partial charge is 0.234 e. The molecule has 0 unspecified atom stereocenters. The molecular formula is C20H28FN3O. The molecule has 4 rings (SSSR count). The molecule has 1 saturated carbocycles. The van der Waals surface area contributed by atoms with E-state index >= 15 is 0 Å². The van der Waals surface area contributed by atoms with E-state index in [0.29, 0.717) is 18.0 Å². The Morgan fingerprint density at radius 1 is 1.12 bits per heavy atom. The number of hydrogen-bond donors (Lipinski definition) is 1. The van der Waals surface area contributed by atoms with Gasteiger partial charge in [0, 0.05) is 25.7 Å². The Balaban J connectivity index is 1.31. The Bertz CT molecular complexity index is 616. The van der Waals surface area contributed by atoms with Gasteiger partial charge in [-0.05, 0) is 68.3 Å². The lowest BCUT2D eigenvalue weighted by atomic mass is 9.79. The van der Waals surface area contributed by atoms with Crippen LogP contribution in [0.2, 0.25) is 0 Å². The van der Waals surface area contributed by atoms with E-state index in [0.717, 1.165) is 45.6 Å². The van der Waals surface area contributed by atoms with Gasteiger partial charge in [-0.2, -0.15) is 0 Å². The Hall–Kier alpha value is -1.46. The quantitative estimate of drug-likeness (QED) is 0.890. The Morgan fingerprint density at radius 3 is 2.64 bits per heavy atom.